The summed E-state index contributed by atoms with van der Waals surface area (Å²) in [5.74, 6) is -2.15. The van der Waals surface area contributed by atoms with E-state index < -0.39 is 17.7 Å². The number of rotatable bonds is 6. The molecule has 3 aromatic rings. The van der Waals surface area contributed by atoms with Crippen LogP contribution in [0.1, 0.15) is 17.5 Å². The van der Waals surface area contributed by atoms with Crippen molar-refractivity contribution in [1.29, 1.82) is 0 Å². The first-order valence-corrected chi connectivity index (χ1v) is 8.05. The Morgan fingerprint density at radius 2 is 1.69 bits per heavy atom. The van der Waals surface area contributed by atoms with Crippen molar-refractivity contribution in [2.75, 3.05) is 0 Å². The summed E-state index contributed by atoms with van der Waals surface area (Å²) in [6.07, 6.45) is -0.299. The molecule has 0 atom stereocenters. The minimum Gasteiger partial charge on any atom is -0.429 e. The van der Waals surface area contributed by atoms with Crippen LogP contribution in [0.4, 0.5) is 17.6 Å². The first-order chi connectivity index (χ1) is 12.4. The highest BCUT2D eigenvalue weighted by molar-refractivity contribution is 5.84. The Balaban J connectivity index is 1.83. The molecule has 0 fully saturated rings. The molecule has 0 unspecified atom stereocenters. The van der Waals surface area contributed by atoms with Gasteiger partial charge >= 0.3 is 6.11 Å². The van der Waals surface area contributed by atoms with Crippen LogP contribution < -0.4 is 4.74 Å². The highest BCUT2D eigenvalue weighted by atomic mass is 19.3. The second kappa shape index (κ2) is 7.20. The van der Waals surface area contributed by atoms with Gasteiger partial charge in [0.1, 0.15) is 5.75 Å². The molecule has 3 aromatic carbocycles. The van der Waals surface area contributed by atoms with Gasteiger partial charge in [-0.3, -0.25) is 0 Å². The molecule has 134 valence electrons. The largest absolute Gasteiger partial charge is 0.429 e. The molecule has 0 saturated carbocycles. The second-order valence-corrected chi connectivity index (χ2v) is 5.89. The number of allylic oxidation sites excluding steroid dienone is 1. The van der Waals surface area contributed by atoms with Crippen LogP contribution in [-0.2, 0) is 12.5 Å². The van der Waals surface area contributed by atoms with E-state index >= 15 is 0 Å². The summed E-state index contributed by atoms with van der Waals surface area (Å²) in [5, 5.41) is 0.282. The van der Waals surface area contributed by atoms with Crippen LogP contribution in [0.3, 0.4) is 0 Å². The number of benzene rings is 3. The predicted octanol–water partition coefficient (Wildman–Crippen LogP) is 6.36. The number of aryl methyl sites for hydroxylation is 1. The molecule has 0 aromatic heterocycles. The number of fused-ring (bicyclic) bond motifs is 1. The fourth-order valence-corrected chi connectivity index (χ4v) is 2.65. The Kier molecular flexibility index (Phi) is 4.98. The number of hydrogen-bond donors (Lipinski definition) is 0. The molecule has 0 N–H and O–H groups in total. The maximum atomic E-state index is 14.4. The third-order valence-electron chi connectivity index (χ3n) is 4.05. The maximum Gasteiger partial charge on any atom is 0.426 e. The number of alkyl halides is 2. The van der Waals surface area contributed by atoms with Gasteiger partial charge in [0.25, 0.3) is 0 Å². The standard InChI is InChI=1S/C21H16F4O/c1-2-3-4-14-5-8-16(9-6-14)21(24,25)26-17-10-11-18-15(13-17)7-12-19(22)20(18)23/h2,5-13H,1,3-4H2. The van der Waals surface area contributed by atoms with E-state index in [4.69, 9.17) is 4.74 Å². The Morgan fingerprint density at radius 1 is 0.962 bits per heavy atom. The zero-order chi connectivity index (χ0) is 18.7. The molecule has 0 amide bonds. The van der Waals surface area contributed by atoms with E-state index in [0.717, 1.165) is 24.5 Å². The van der Waals surface area contributed by atoms with E-state index in [9.17, 15) is 17.6 Å². The lowest BCUT2D eigenvalue weighted by molar-refractivity contribution is -0.185. The molecule has 3 rings (SSSR count). The van der Waals surface area contributed by atoms with Gasteiger partial charge < -0.3 is 4.74 Å². The third kappa shape index (κ3) is 3.72. The van der Waals surface area contributed by atoms with Crippen molar-refractivity contribution in [1.82, 2.24) is 0 Å². The Morgan fingerprint density at radius 3 is 2.38 bits per heavy atom. The normalized spacial score (nSPS) is 11.5. The average molecular weight is 360 g/mol. The zero-order valence-corrected chi connectivity index (χ0v) is 13.8. The quantitative estimate of drug-likeness (QED) is 0.367. The van der Waals surface area contributed by atoms with Crippen LogP contribution in [0.15, 0.2) is 67.3 Å². The molecule has 5 heteroatoms. The van der Waals surface area contributed by atoms with E-state index in [1.54, 1.807) is 18.2 Å². The van der Waals surface area contributed by atoms with Crippen LogP contribution in [-0.4, -0.2) is 0 Å². The minimum absolute atomic E-state index is 0.00670. The van der Waals surface area contributed by atoms with Gasteiger partial charge in [0.2, 0.25) is 0 Å². The molecule has 0 aliphatic heterocycles. The van der Waals surface area contributed by atoms with Crippen molar-refractivity contribution in [2.24, 2.45) is 0 Å². The summed E-state index contributed by atoms with van der Waals surface area (Å²) < 4.78 is 60.5. The van der Waals surface area contributed by atoms with Gasteiger partial charge in [-0.1, -0.05) is 24.3 Å². The van der Waals surface area contributed by atoms with E-state index in [1.165, 1.54) is 36.4 Å². The summed E-state index contributed by atoms with van der Waals surface area (Å²) >= 11 is 0. The van der Waals surface area contributed by atoms with Crippen LogP contribution in [0.25, 0.3) is 10.8 Å². The monoisotopic (exact) mass is 360 g/mol. The average Bonchev–Trinajstić information content (AvgIpc) is 2.63. The summed E-state index contributed by atoms with van der Waals surface area (Å²) in [6.45, 7) is 3.63. The van der Waals surface area contributed by atoms with Crippen molar-refractivity contribution in [3.05, 3.63) is 90.0 Å². The van der Waals surface area contributed by atoms with Crippen LogP contribution >= 0.6 is 0 Å². The Bertz CT molecular complexity index is 933. The Labute approximate surface area is 148 Å². The van der Waals surface area contributed by atoms with Gasteiger partial charge in [-0.25, -0.2) is 8.78 Å². The van der Waals surface area contributed by atoms with Crippen LogP contribution in [0, 0.1) is 11.6 Å². The van der Waals surface area contributed by atoms with Crippen LogP contribution in [0.2, 0.25) is 0 Å². The van der Waals surface area contributed by atoms with Gasteiger partial charge in [-0.2, -0.15) is 8.78 Å². The van der Waals surface area contributed by atoms with Gasteiger partial charge in [0.05, 0.1) is 5.56 Å². The van der Waals surface area contributed by atoms with Crippen molar-refractivity contribution < 1.29 is 22.3 Å². The fraction of sp³-hybridized carbons (Fsp3) is 0.143. The minimum atomic E-state index is -3.55. The van der Waals surface area contributed by atoms with Crippen molar-refractivity contribution in [3.8, 4) is 5.75 Å². The topological polar surface area (TPSA) is 9.23 Å². The van der Waals surface area contributed by atoms with E-state index in [1.807, 2.05) is 0 Å². The van der Waals surface area contributed by atoms with Gasteiger partial charge in [-0.05, 0) is 60.2 Å². The van der Waals surface area contributed by atoms with Gasteiger partial charge in [-0.15, -0.1) is 6.58 Å². The zero-order valence-electron chi connectivity index (χ0n) is 13.8. The summed E-state index contributed by atoms with van der Waals surface area (Å²) in [7, 11) is 0. The molecular formula is C21H16F4O. The summed E-state index contributed by atoms with van der Waals surface area (Å²) in [5.41, 5.74) is 0.637. The summed E-state index contributed by atoms with van der Waals surface area (Å²) in [4.78, 5) is 0. The molecule has 0 aliphatic carbocycles. The van der Waals surface area contributed by atoms with Gasteiger partial charge in [0, 0.05) is 5.39 Å². The highest BCUT2D eigenvalue weighted by Crippen LogP contribution is 2.33. The molecule has 0 heterocycles. The predicted molar refractivity (Wildman–Crippen MR) is 93.3 cm³/mol. The lowest BCUT2D eigenvalue weighted by Crippen LogP contribution is -2.21. The maximum absolute atomic E-state index is 14.4. The molecule has 0 radical (unpaired) electrons. The van der Waals surface area contributed by atoms with Crippen molar-refractivity contribution >= 4 is 10.8 Å². The smallest absolute Gasteiger partial charge is 0.426 e. The SMILES string of the molecule is C=CCCc1ccc(C(F)(F)Oc2ccc3c(F)c(F)ccc3c2)cc1. The van der Waals surface area contributed by atoms with Crippen molar-refractivity contribution in [3.63, 3.8) is 0 Å². The number of ether oxygens (including phenoxy) is 1. The fourth-order valence-electron chi connectivity index (χ4n) is 2.65. The summed E-state index contributed by atoms with van der Waals surface area (Å²) in [6, 6.07) is 11.8. The lowest BCUT2D eigenvalue weighted by Gasteiger charge is -2.19. The third-order valence-corrected chi connectivity index (χ3v) is 4.05. The second-order valence-electron chi connectivity index (χ2n) is 5.89. The van der Waals surface area contributed by atoms with Crippen molar-refractivity contribution in [2.45, 2.75) is 19.0 Å². The van der Waals surface area contributed by atoms with E-state index in [0.29, 0.717) is 0 Å². The first-order valence-electron chi connectivity index (χ1n) is 8.05. The molecule has 26 heavy (non-hydrogen) atoms. The molecular weight excluding hydrogens is 344 g/mol. The Hall–Kier alpha value is -2.82. The molecule has 1 nitrogen and oxygen atoms in total. The first kappa shape index (κ1) is 18.0. The molecule has 0 bridgehead atoms. The lowest BCUT2D eigenvalue weighted by atomic mass is 10.1. The van der Waals surface area contributed by atoms with E-state index in [2.05, 4.69) is 6.58 Å². The number of hydrogen-bond acceptors (Lipinski definition) is 1. The molecule has 0 aliphatic rings. The highest BCUT2D eigenvalue weighted by Gasteiger charge is 2.34. The number of halogens is 4. The van der Waals surface area contributed by atoms with Crippen LogP contribution in [0.5, 0.6) is 5.75 Å². The molecule has 0 saturated heterocycles. The van der Waals surface area contributed by atoms with Gasteiger partial charge in [0.15, 0.2) is 11.6 Å². The molecule has 0 spiro atoms. The van der Waals surface area contributed by atoms with E-state index in [-0.39, 0.29) is 22.1 Å².